The quantitative estimate of drug-likeness (QED) is 0.622. The van der Waals surface area contributed by atoms with E-state index in [1.807, 2.05) is 0 Å². The first-order chi connectivity index (χ1) is 9.75. The Morgan fingerprint density at radius 1 is 1.38 bits per heavy atom. The molecule has 0 aliphatic carbocycles. The molecule has 2 heterocycles. The first-order valence-corrected chi connectivity index (χ1v) is 7.63. The lowest BCUT2D eigenvalue weighted by atomic mass is 9.99. The van der Waals surface area contributed by atoms with Crippen LogP contribution in [0.1, 0.15) is 13.8 Å². The number of urea groups is 1. The van der Waals surface area contributed by atoms with E-state index in [0.29, 0.717) is 11.5 Å². The third-order valence-corrected chi connectivity index (χ3v) is 4.70. The Bertz CT molecular complexity index is 507. The number of carbonyl (C=O) groups is 4. The first kappa shape index (κ1) is 15.6. The van der Waals surface area contributed by atoms with Gasteiger partial charge in [0.1, 0.15) is 18.1 Å². The summed E-state index contributed by atoms with van der Waals surface area (Å²) in [6, 6.07) is -1.52. The summed E-state index contributed by atoms with van der Waals surface area (Å²) < 4.78 is 0. The van der Waals surface area contributed by atoms with Gasteiger partial charge in [-0.3, -0.25) is 14.9 Å². The lowest BCUT2D eigenvalue weighted by Crippen LogP contribution is -2.68. The topological polar surface area (TPSA) is 107 Å². The van der Waals surface area contributed by atoms with Gasteiger partial charge in [0.25, 0.3) is 5.91 Å². The van der Waals surface area contributed by atoms with E-state index in [1.54, 1.807) is 0 Å². The predicted molar refractivity (Wildman–Crippen MR) is 74.8 cm³/mol. The van der Waals surface area contributed by atoms with Crippen LogP contribution in [0.25, 0.3) is 0 Å². The molecule has 0 aromatic rings. The number of hydrogen-bond donors (Lipinski definition) is 2. The Kier molecular flexibility index (Phi) is 4.13. The third kappa shape index (κ3) is 2.82. The Hall–Kier alpha value is -1.77. The van der Waals surface area contributed by atoms with E-state index in [1.165, 1.54) is 30.5 Å². The van der Waals surface area contributed by atoms with Crippen LogP contribution in [0.5, 0.6) is 0 Å². The predicted octanol–water partition coefficient (Wildman–Crippen LogP) is -0.655. The molecule has 0 aromatic carbocycles. The fourth-order valence-electron chi connectivity index (χ4n) is 2.28. The summed E-state index contributed by atoms with van der Waals surface area (Å²) >= 11 is 1.46. The van der Waals surface area contributed by atoms with Crippen molar-refractivity contribution in [2.75, 3.05) is 24.6 Å². The van der Waals surface area contributed by atoms with E-state index in [-0.39, 0.29) is 13.1 Å². The van der Waals surface area contributed by atoms with Crippen molar-refractivity contribution < 1.29 is 24.3 Å². The number of imide groups is 1. The van der Waals surface area contributed by atoms with Gasteiger partial charge < -0.3 is 14.9 Å². The van der Waals surface area contributed by atoms with Gasteiger partial charge in [0.2, 0.25) is 5.91 Å². The van der Waals surface area contributed by atoms with Crippen LogP contribution in [-0.4, -0.2) is 74.9 Å². The van der Waals surface area contributed by atoms with Crippen molar-refractivity contribution in [3.8, 4) is 0 Å². The number of nitrogens with one attached hydrogen (secondary N) is 1. The van der Waals surface area contributed by atoms with Crippen LogP contribution in [0.15, 0.2) is 0 Å². The number of aliphatic carboxylic acids is 1. The number of hydrogen-bond acceptors (Lipinski definition) is 5. The van der Waals surface area contributed by atoms with Crippen LogP contribution in [0.4, 0.5) is 4.79 Å². The number of nitrogens with zero attached hydrogens (tertiary/aromatic N) is 2. The lowest BCUT2D eigenvalue weighted by molar-refractivity contribution is -0.144. The molecule has 9 heteroatoms. The average Bonchev–Trinajstić information content (AvgIpc) is 2.42. The van der Waals surface area contributed by atoms with E-state index in [4.69, 9.17) is 0 Å². The molecule has 2 saturated heterocycles. The molecule has 8 nitrogen and oxygen atoms in total. The van der Waals surface area contributed by atoms with Gasteiger partial charge >= 0.3 is 12.0 Å². The highest BCUT2D eigenvalue weighted by molar-refractivity contribution is 7.99. The highest BCUT2D eigenvalue weighted by Crippen LogP contribution is 2.24. The van der Waals surface area contributed by atoms with Crippen LogP contribution in [0.3, 0.4) is 0 Å². The lowest BCUT2D eigenvalue weighted by Gasteiger charge is -2.44. The van der Waals surface area contributed by atoms with Crippen molar-refractivity contribution in [1.82, 2.24) is 15.1 Å². The molecule has 0 bridgehead atoms. The van der Waals surface area contributed by atoms with Crippen LogP contribution >= 0.6 is 11.8 Å². The summed E-state index contributed by atoms with van der Waals surface area (Å²) in [5.74, 6) is -1.28. The summed E-state index contributed by atoms with van der Waals surface area (Å²) in [6.07, 6.45) is 0. The molecule has 0 spiro atoms. The number of rotatable bonds is 1. The van der Waals surface area contributed by atoms with E-state index in [0.717, 1.165) is 4.90 Å². The molecule has 2 N–H and O–H groups in total. The van der Waals surface area contributed by atoms with Gasteiger partial charge in [-0.15, -0.1) is 0 Å². The Labute approximate surface area is 125 Å². The summed E-state index contributed by atoms with van der Waals surface area (Å²) in [7, 11) is 0. The zero-order valence-electron chi connectivity index (χ0n) is 11.8. The number of carboxylic acid groups (broad SMARTS) is 1. The zero-order chi connectivity index (χ0) is 15.8. The fourth-order valence-corrected chi connectivity index (χ4v) is 3.32. The molecule has 0 saturated carbocycles. The number of thioether (sulfide) groups is 1. The number of carboxylic acids is 1. The molecular formula is C12H17N3O5S. The van der Waals surface area contributed by atoms with Gasteiger partial charge in [0.05, 0.1) is 0 Å². The van der Waals surface area contributed by atoms with Gasteiger partial charge in [-0.1, -0.05) is 0 Å². The summed E-state index contributed by atoms with van der Waals surface area (Å²) in [5, 5.41) is 11.4. The molecule has 4 amide bonds. The molecule has 2 rings (SSSR count). The first-order valence-electron chi connectivity index (χ1n) is 6.48. The van der Waals surface area contributed by atoms with Crippen molar-refractivity contribution >= 4 is 35.6 Å². The van der Waals surface area contributed by atoms with Crippen molar-refractivity contribution in [2.24, 2.45) is 0 Å². The van der Waals surface area contributed by atoms with Crippen molar-refractivity contribution in [3.05, 3.63) is 0 Å². The van der Waals surface area contributed by atoms with Gasteiger partial charge in [0.15, 0.2) is 0 Å². The standard InChI is InChI=1S/C12H17N3O5S/c1-12(2)10(19)13-8(16)5-15(12)11(20)14-3-4-21-6-7(14)9(17)18/h7H,3-6H2,1-2H3,(H,17,18)(H,13,16,19). The Morgan fingerprint density at radius 3 is 2.67 bits per heavy atom. The van der Waals surface area contributed by atoms with E-state index >= 15 is 0 Å². The molecule has 0 aromatic heterocycles. The molecule has 1 unspecified atom stereocenters. The minimum Gasteiger partial charge on any atom is -0.480 e. The van der Waals surface area contributed by atoms with E-state index in [2.05, 4.69) is 5.32 Å². The summed E-state index contributed by atoms with van der Waals surface area (Å²) in [6.45, 7) is 3.08. The third-order valence-electron chi connectivity index (χ3n) is 3.68. The van der Waals surface area contributed by atoms with Gasteiger partial charge in [0, 0.05) is 18.1 Å². The second-order valence-electron chi connectivity index (χ2n) is 5.43. The van der Waals surface area contributed by atoms with E-state index < -0.39 is 35.4 Å². The fraction of sp³-hybridized carbons (Fsp3) is 0.667. The second kappa shape index (κ2) is 5.55. The largest absolute Gasteiger partial charge is 0.480 e. The van der Waals surface area contributed by atoms with Gasteiger partial charge in [-0.25, -0.2) is 9.59 Å². The molecule has 2 aliphatic rings. The highest BCUT2D eigenvalue weighted by Gasteiger charge is 2.46. The SMILES string of the molecule is CC1(C)C(=O)NC(=O)CN1C(=O)N1CCSCC1C(=O)O. The smallest absolute Gasteiger partial charge is 0.327 e. The highest BCUT2D eigenvalue weighted by atomic mass is 32.2. The Balaban J connectivity index is 2.26. The van der Waals surface area contributed by atoms with Gasteiger partial charge in [-0.05, 0) is 13.8 Å². The maximum atomic E-state index is 12.6. The molecule has 1 atom stereocenters. The normalized spacial score (nSPS) is 25.5. The summed E-state index contributed by atoms with van der Waals surface area (Å²) in [4.78, 5) is 49.6. The average molecular weight is 315 g/mol. The second-order valence-corrected chi connectivity index (χ2v) is 6.58. The van der Waals surface area contributed by atoms with Crippen LogP contribution in [0, 0.1) is 0 Å². The number of carbonyl (C=O) groups excluding carboxylic acids is 3. The monoisotopic (exact) mass is 315 g/mol. The molecule has 2 aliphatic heterocycles. The molecule has 0 radical (unpaired) electrons. The van der Waals surface area contributed by atoms with Crippen LogP contribution in [0.2, 0.25) is 0 Å². The van der Waals surface area contributed by atoms with Crippen LogP contribution in [-0.2, 0) is 14.4 Å². The Morgan fingerprint density at radius 2 is 2.05 bits per heavy atom. The van der Waals surface area contributed by atoms with Crippen molar-refractivity contribution in [3.63, 3.8) is 0 Å². The van der Waals surface area contributed by atoms with E-state index in [9.17, 15) is 24.3 Å². The minimum absolute atomic E-state index is 0.256. The maximum absolute atomic E-state index is 12.6. The number of amides is 4. The molecule has 21 heavy (non-hydrogen) atoms. The molecule has 116 valence electrons. The number of piperazine rings is 1. The van der Waals surface area contributed by atoms with Crippen LogP contribution < -0.4 is 5.32 Å². The maximum Gasteiger partial charge on any atom is 0.327 e. The molecule has 2 fully saturated rings. The zero-order valence-corrected chi connectivity index (χ0v) is 12.6. The minimum atomic E-state index is -1.20. The van der Waals surface area contributed by atoms with Gasteiger partial charge in [-0.2, -0.15) is 11.8 Å². The van der Waals surface area contributed by atoms with Crippen molar-refractivity contribution in [1.29, 1.82) is 0 Å². The summed E-state index contributed by atoms with van der Waals surface area (Å²) in [5.41, 5.74) is -1.20. The van der Waals surface area contributed by atoms with Crippen molar-refractivity contribution in [2.45, 2.75) is 25.4 Å². The molecular weight excluding hydrogens is 298 g/mol.